The Kier molecular flexibility index (Phi) is 10.9. The fraction of sp³-hybridized carbons (Fsp3) is 0.412. The fourth-order valence-corrected chi connectivity index (χ4v) is 6.81. The van der Waals surface area contributed by atoms with E-state index in [4.69, 9.17) is 4.74 Å². The second kappa shape index (κ2) is 14.6. The van der Waals surface area contributed by atoms with E-state index in [2.05, 4.69) is 5.32 Å². The number of hydrogen-bond donors (Lipinski definition) is 1. The van der Waals surface area contributed by atoms with Gasteiger partial charge in [0.15, 0.2) is 0 Å². The second-order valence-corrected chi connectivity index (χ2v) is 13.3. The standard InChI is InChI=1S/C34H43N3O5S/c1-25-13-11-14-26(2)33(25)37(43(4,40)41)24-32(38)36(23-28-17-12-20-30(21-28)42-3)31(22-27-15-7-5-8-16-27)34(39)35-29-18-9-6-10-19-29/h5,7-8,11-17,20-21,29,31H,6,9-10,18-19,22-24H2,1-4H3,(H,35,39). The van der Waals surface area contributed by atoms with Gasteiger partial charge in [-0.15, -0.1) is 0 Å². The van der Waals surface area contributed by atoms with Crippen molar-refractivity contribution >= 4 is 27.5 Å². The van der Waals surface area contributed by atoms with Gasteiger partial charge >= 0.3 is 0 Å². The first-order valence-electron chi connectivity index (χ1n) is 14.9. The molecule has 0 bridgehead atoms. The number of nitrogens with one attached hydrogen (secondary N) is 1. The minimum Gasteiger partial charge on any atom is -0.497 e. The molecule has 0 radical (unpaired) electrons. The molecule has 1 fully saturated rings. The van der Waals surface area contributed by atoms with Gasteiger partial charge < -0.3 is 15.0 Å². The van der Waals surface area contributed by atoms with Crippen LogP contribution in [0.15, 0.2) is 72.8 Å². The Bertz CT molecular complexity index is 1480. The zero-order chi connectivity index (χ0) is 31.0. The number of benzene rings is 3. The van der Waals surface area contributed by atoms with E-state index in [0.29, 0.717) is 11.4 Å². The number of carbonyl (C=O) groups excluding carboxylic acids is 2. The number of sulfonamides is 1. The lowest BCUT2D eigenvalue weighted by Crippen LogP contribution is -2.55. The van der Waals surface area contributed by atoms with Crippen molar-refractivity contribution in [3.8, 4) is 5.75 Å². The van der Waals surface area contributed by atoms with Gasteiger partial charge in [0.2, 0.25) is 21.8 Å². The summed E-state index contributed by atoms with van der Waals surface area (Å²) in [7, 11) is -2.26. The van der Waals surface area contributed by atoms with Crippen LogP contribution >= 0.6 is 0 Å². The van der Waals surface area contributed by atoms with Crippen molar-refractivity contribution in [3.05, 3.63) is 95.1 Å². The van der Waals surface area contributed by atoms with Gasteiger partial charge in [0.1, 0.15) is 18.3 Å². The summed E-state index contributed by atoms with van der Waals surface area (Å²) in [5, 5.41) is 3.23. The molecule has 8 nitrogen and oxygen atoms in total. The van der Waals surface area contributed by atoms with Crippen LogP contribution in [0.1, 0.15) is 54.4 Å². The third kappa shape index (κ3) is 8.60. The fourth-order valence-electron chi connectivity index (χ4n) is 5.84. The molecule has 0 spiro atoms. The summed E-state index contributed by atoms with van der Waals surface area (Å²) >= 11 is 0. The van der Waals surface area contributed by atoms with Crippen molar-refractivity contribution in [2.45, 2.75) is 71.0 Å². The number of methoxy groups -OCH3 is 1. The molecule has 1 N–H and O–H groups in total. The minimum absolute atomic E-state index is 0.0513. The smallest absolute Gasteiger partial charge is 0.244 e. The Labute approximate surface area is 256 Å². The van der Waals surface area contributed by atoms with Gasteiger partial charge in [-0.2, -0.15) is 0 Å². The molecule has 9 heteroatoms. The number of ether oxygens (including phenoxy) is 1. The van der Waals surface area contributed by atoms with Gasteiger partial charge in [-0.3, -0.25) is 13.9 Å². The molecule has 1 aliphatic rings. The Morgan fingerprint density at radius 1 is 0.907 bits per heavy atom. The van der Waals surface area contributed by atoms with E-state index in [9.17, 15) is 18.0 Å². The lowest BCUT2D eigenvalue weighted by atomic mass is 9.94. The number of carbonyl (C=O) groups is 2. The van der Waals surface area contributed by atoms with Gasteiger partial charge in [-0.05, 0) is 61.1 Å². The summed E-state index contributed by atoms with van der Waals surface area (Å²) < 4.78 is 32.9. The summed E-state index contributed by atoms with van der Waals surface area (Å²) in [6.07, 6.45) is 6.47. The zero-order valence-corrected chi connectivity index (χ0v) is 26.4. The van der Waals surface area contributed by atoms with Gasteiger partial charge in [0.05, 0.1) is 19.1 Å². The molecule has 0 saturated heterocycles. The van der Waals surface area contributed by atoms with Crippen molar-refractivity contribution in [2.75, 3.05) is 24.2 Å². The monoisotopic (exact) mass is 605 g/mol. The Hall–Kier alpha value is -3.85. The molecule has 1 saturated carbocycles. The van der Waals surface area contributed by atoms with Crippen LogP contribution in [0.3, 0.4) is 0 Å². The molecule has 230 valence electrons. The lowest BCUT2D eigenvalue weighted by molar-refractivity contribution is -0.140. The zero-order valence-electron chi connectivity index (χ0n) is 25.6. The number of para-hydroxylation sites is 1. The lowest BCUT2D eigenvalue weighted by Gasteiger charge is -2.35. The normalized spacial score (nSPS) is 14.5. The van der Waals surface area contributed by atoms with Crippen molar-refractivity contribution in [1.29, 1.82) is 0 Å². The SMILES string of the molecule is COc1cccc(CN(C(=O)CN(c2c(C)cccc2C)S(C)(=O)=O)C(Cc2ccccc2)C(=O)NC2CCCCC2)c1. The van der Waals surface area contributed by atoms with Crippen LogP contribution in [0.25, 0.3) is 0 Å². The average molecular weight is 606 g/mol. The highest BCUT2D eigenvalue weighted by Gasteiger charge is 2.34. The van der Waals surface area contributed by atoms with Crippen LogP contribution in [0.2, 0.25) is 0 Å². The van der Waals surface area contributed by atoms with Crippen LogP contribution in [0, 0.1) is 13.8 Å². The van der Waals surface area contributed by atoms with E-state index in [0.717, 1.165) is 64.9 Å². The molecular formula is C34H43N3O5S. The van der Waals surface area contributed by atoms with E-state index in [1.54, 1.807) is 7.11 Å². The van der Waals surface area contributed by atoms with Crippen molar-refractivity contribution in [3.63, 3.8) is 0 Å². The summed E-state index contributed by atoms with van der Waals surface area (Å²) in [5.74, 6) is -0.0648. The molecule has 1 aliphatic carbocycles. The third-order valence-corrected chi connectivity index (χ3v) is 9.19. The maximum atomic E-state index is 14.4. The Morgan fingerprint density at radius 2 is 1.53 bits per heavy atom. The van der Waals surface area contributed by atoms with Crippen molar-refractivity contribution in [2.24, 2.45) is 0 Å². The Balaban J connectivity index is 1.76. The summed E-state index contributed by atoms with van der Waals surface area (Å²) in [6, 6.07) is 21.7. The highest BCUT2D eigenvalue weighted by Crippen LogP contribution is 2.28. The molecule has 4 rings (SSSR count). The summed E-state index contributed by atoms with van der Waals surface area (Å²) in [4.78, 5) is 30.0. The van der Waals surface area contributed by atoms with Gasteiger partial charge in [-0.1, -0.05) is 79.9 Å². The molecule has 3 aromatic carbocycles. The highest BCUT2D eigenvalue weighted by atomic mass is 32.2. The number of aryl methyl sites for hydroxylation is 2. The quantitative estimate of drug-likeness (QED) is 0.308. The van der Waals surface area contributed by atoms with Crippen LogP contribution in [-0.2, 0) is 32.6 Å². The molecule has 0 heterocycles. The Morgan fingerprint density at radius 3 is 2.16 bits per heavy atom. The van der Waals surface area contributed by atoms with Crippen LogP contribution in [0.4, 0.5) is 5.69 Å². The molecule has 43 heavy (non-hydrogen) atoms. The first kappa shape index (κ1) is 32.1. The van der Waals surface area contributed by atoms with Crippen LogP contribution < -0.4 is 14.4 Å². The summed E-state index contributed by atoms with van der Waals surface area (Å²) in [6.45, 7) is 3.33. The topological polar surface area (TPSA) is 96.0 Å². The predicted octanol–water partition coefficient (Wildman–Crippen LogP) is 5.17. The van der Waals surface area contributed by atoms with E-state index in [-0.39, 0.29) is 24.9 Å². The maximum absolute atomic E-state index is 14.4. The molecule has 3 aromatic rings. The van der Waals surface area contributed by atoms with Crippen molar-refractivity contribution in [1.82, 2.24) is 10.2 Å². The highest BCUT2D eigenvalue weighted by molar-refractivity contribution is 7.92. The molecule has 1 unspecified atom stereocenters. The van der Waals surface area contributed by atoms with Crippen LogP contribution in [-0.4, -0.2) is 57.1 Å². The number of anilines is 1. The van der Waals surface area contributed by atoms with Gasteiger partial charge in [0.25, 0.3) is 0 Å². The largest absolute Gasteiger partial charge is 0.497 e. The summed E-state index contributed by atoms with van der Waals surface area (Å²) in [5.41, 5.74) is 3.64. The predicted molar refractivity (Wildman–Crippen MR) is 171 cm³/mol. The first-order valence-corrected chi connectivity index (χ1v) is 16.7. The molecule has 2 amide bonds. The number of nitrogens with zero attached hydrogens (tertiary/aromatic N) is 2. The third-order valence-electron chi connectivity index (χ3n) is 8.08. The number of hydrogen-bond acceptors (Lipinski definition) is 5. The van der Waals surface area contributed by atoms with E-state index >= 15 is 0 Å². The molecular weight excluding hydrogens is 562 g/mol. The average Bonchev–Trinajstić information content (AvgIpc) is 2.98. The van der Waals surface area contributed by atoms with Gasteiger partial charge in [0, 0.05) is 19.0 Å². The molecule has 1 atom stereocenters. The maximum Gasteiger partial charge on any atom is 0.244 e. The number of amides is 2. The molecule has 0 aromatic heterocycles. The van der Waals surface area contributed by atoms with Crippen molar-refractivity contribution < 1.29 is 22.7 Å². The van der Waals surface area contributed by atoms with Gasteiger partial charge in [-0.25, -0.2) is 8.42 Å². The van der Waals surface area contributed by atoms with E-state index in [1.807, 2.05) is 86.6 Å². The van der Waals surface area contributed by atoms with Crippen LogP contribution in [0.5, 0.6) is 5.75 Å². The number of rotatable bonds is 12. The molecule has 0 aliphatic heterocycles. The minimum atomic E-state index is -3.84. The van der Waals surface area contributed by atoms with E-state index < -0.39 is 28.5 Å². The van der Waals surface area contributed by atoms with E-state index in [1.165, 1.54) is 4.90 Å². The second-order valence-electron chi connectivity index (χ2n) is 11.4. The first-order chi connectivity index (χ1) is 20.6.